The summed E-state index contributed by atoms with van der Waals surface area (Å²) in [7, 11) is 0. The van der Waals surface area contributed by atoms with Gasteiger partial charge in [-0.05, 0) is 82.3 Å². The smallest absolute Gasteiger partial charge is 0.303 e. The fourth-order valence-corrected chi connectivity index (χ4v) is 9.85. The maximum absolute atomic E-state index is 14.5. The summed E-state index contributed by atoms with van der Waals surface area (Å²) in [6.45, 7) is 4.77. The highest BCUT2D eigenvalue weighted by Crippen LogP contribution is 2.46. The van der Waals surface area contributed by atoms with Crippen LogP contribution in [0.25, 0.3) is 43.1 Å². The molecule has 2 heterocycles. The van der Waals surface area contributed by atoms with Crippen molar-refractivity contribution in [2.24, 2.45) is 0 Å². The van der Waals surface area contributed by atoms with Crippen molar-refractivity contribution in [1.82, 2.24) is 9.80 Å². The molecule has 8 heteroatoms. The minimum atomic E-state index is -0.721. The highest BCUT2D eigenvalue weighted by Gasteiger charge is 2.39. The summed E-state index contributed by atoms with van der Waals surface area (Å²) in [6.07, 6.45) is 20.8. The van der Waals surface area contributed by atoms with Gasteiger partial charge in [-0.3, -0.25) is 33.8 Å². The van der Waals surface area contributed by atoms with E-state index in [-0.39, 0.29) is 36.1 Å². The van der Waals surface area contributed by atoms with Gasteiger partial charge in [0.1, 0.15) is 0 Å². The van der Waals surface area contributed by atoms with E-state index in [1.165, 1.54) is 4.90 Å². The Labute approximate surface area is 342 Å². The molecule has 0 bridgehead atoms. The lowest BCUT2D eigenvalue weighted by molar-refractivity contribution is -0.137. The van der Waals surface area contributed by atoms with Gasteiger partial charge in [-0.1, -0.05) is 141 Å². The Hall–Kier alpha value is -4.85. The highest BCUT2D eigenvalue weighted by atomic mass is 16.4. The van der Waals surface area contributed by atoms with Crippen molar-refractivity contribution in [3.05, 3.63) is 70.8 Å². The van der Waals surface area contributed by atoms with Crippen molar-refractivity contribution in [3.8, 4) is 0 Å². The van der Waals surface area contributed by atoms with E-state index < -0.39 is 5.97 Å². The fourth-order valence-electron chi connectivity index (χ4n) is 9.85. The van der Waals surface area contributed by atoms with Crippen molar-refractivity contribution in [1.29, 1.82) is 0 Å². The first-order valence-corrected chi connectivity index (χ1v) is 22.4. The molecule has 0 saturated heterocycles. The van der Waals surface area contributed by atoms with Gasteiger partial charge in [0.15, 0.2) is 0 Å². The number of carbonyl (C=O) groups is 5. The molecule has 2 aliphatic heterocycles. The van der Waals surface area contributed by atoms with Crippen LogP contribution >= 0.6 is 0 Å². The first-order valence-electron chi connectivity index (χ1n) is 22.4. The number of hydrogen-bond acceptors (Lipinski definition) is 5. The third kappa shape index (κ3) is 8.08. The lowest BCUT2D eigenvalue weighted by atomic mass is 9.82. The van der Waals surface area contributed by atoms with Crippen molar-refractivity contribution in [2.75, 3.05) is 6.54 Å². The van der Waals surface area contributed by atoms with E-state index >= 15 is 0 Å². The number of rotatable bonds is 24. The predicted molar refractivity (Wildman–Crippen MR) is 233 cm³/mol. The van der Waals surface area contributed by atoms with Crippen molar-refractivity contribution in [2.45, 2.75) is 155 Å². The van der Waals surface area contributed by atoms with Crippen LogP contribution < -0.4 is 0 Å². The summed E-state index contributed by atoms with van der Waals surface area (Å²) in [5.74, 6) is -1.63. The second kappa shape index (κ2) is 18.8. The van der Waals surface area contributed by atoms with Crippen LogP contribution in [0.3, 0.4) is 0 Å². The SMILES string of the molecule is CCCCCCC(CCCCCC)N1C(=O)c2ccc3c4ccc5c6c(ccc(c7ccc(c2c37)C1=O)c64)C(=O)N(CCCCCCCCCCCCC(=O)O)C5=O. The summed E-state index contributed by atoms with van der Waals surface area (Å²) < 4.78 is 0. The molecule has 0 spiro atoms. The minimum absolute atomic E-state index is 0.124. The molecule has 2 aliphatic rings. The van der Waals surface area contributed by atoms with Gasteiger partial charge in [-0.2, -0.15) is 0 Å². The van der Waals surface area contributed by atoms with Gasteiger partial charge < -0.3 is 5.11 Å². The summed E-state index contributed by atoms with van der Waals surface area (Å²) in [4.78, 5) is 70.6. The van der Waals surface area contributed by atoms with Gasteiger partial charge in [0.2, 0.25) is 0 Å². The largest absolute Gasteiger partial charge is 0.481 e. The third-order valence-corrected chi connectivity index (χ3v) is 12.9. The number of hydrogen-bond donors (Lipinski definition) is 1. The number of carboxylic acid groups (broad SMARTS) is 1. The summed E-state index contributed by atoms with van der Waals surface area (Å²) in [5.41, 5.74) is 2.22. The Morgan fingerprint density at radius 3 is 1.22 bits per heavy atom. The molecule has 8 nitrogen and oxygen atoms in total. The van der Waals surface area contributed by atoms with Gasteiger partial charge in [0.25, 0.3) is 23.6 Å². The quantitative estimate of drug-likeness (QED) is 0.0288. The maximum Gasteiger partial charge on any atom is 0.303 e. The molecule has 306 valence electrons. The normalized spacial score (nSPS) is 14.2. The average Bonchev–Trinajstić information content (AvgIpc) is 3.22. The van der Waals surface area contributed by atoms with E-state index in [0.29, 0.717) is 39.6 Å². The second-order valence-corrected chi connectivity index (χ2v) is 16.9. The number of benzene rings is 5. The van der Waals surface area contributed by atoms with Gasteiger partial charge in [0, 0.05) is 52.0 Å². The van der Waals surface area contributed by atoms with Gasteiger partial charge in [-0.25, -0.2) is 0 Å². The van der Waals surface area contributed by atoms with E-state index in [4.69, 9.17) is 5.11 Å². The fraction of sp³-hybridized carbons (Fsp3) is 0.500. The number of carbonyl (C=O) groups excluding carboxylic acids is 4. The van der Waals surface area contributed by atoms with Crippen LogP contribution in [0.15, 0.2) is 48.5 Å². The zero-order valence-electron chi connectivity index (χ0n) is 34.6. The molecular formula is C50H60N2O6. The monoisotopic (exact) mass is 784 g/mol. The molecule has 5 aromatic rings. The molecule has 1 N–H and O–H groups in total. The van der Waals surface area contributed by atoms with Gasteiger partial charge in [-0.15, -0.1) is 0 Å². The summed E-state index contributed by atoms with van der Waals surface area (Å²) in [5, 5.41) is 15.6. The predicted octanol–water partition coefficient (Wildman–Crippen LogP) is 12.6. The van der Waals surface area contributed by atoms with Crippen LogP contribution in [-0.2, 0) is 4.79 Å². The Balaban J connectivity index is 1.11. The number of imide groups is 2. The molecule has 0 radical (unpaired) electrons. The first-order chi connectivity index (χ1) is 28.3. The first kappa shape index (κ1) is 41.3. The minimum Gasteiger partial charge on any atom is -0.481 e. The van der Waals surface area contributed by atoms with Crippen LogP contribution in [0.4, 0.5) is 0 Å². The standard InChI is InChI=1S/C50H60N2O6/c1-3-5-7-17-21-33(22-18-8-6-4-2)52-49(57)40-30-26-36-34-24-28-38-45-39(29-25-35(43(34)45)37-27-31-41(50(52)58)46(40)44(36)37)48(56)51(47(38)55)32-20-16-14-12-10-9-11-13-15-19-23-42(53)54/h24-31,33H,3-23,32H2,1-2H3,(H,53,54). The molecule has 0 fully saturated rings. The lowest BCUT2D eigenvalue weighted by Crippen LogP contribution is -2.47. The molecule has 0 aliphatic carbocycles. The number of unbranched alkanes of at least 4 members (excludes halogenated alkanes) is 15. The topological polar surface area (TPSA) is 112 Å². The van der Waals surface area contributed by atoms with E-state index in [2.05, 4.69) is 13.8 Å². The molecule has 7 rings (SSSR count). The third-order valence-electron chi connectivity index (χ3n) is 12.9. The Morgan fingerprint density at radius 1 is 0.466 bits per heavy atom. The summed E-state index contributed by atoms with van der Waals surface area (Å²) in [6, 6.07) is 15.3. The van der Waals surface area contributed by atoms with E-state index in [1.807, 2.05) is 48.5 Å². The van der Waals surface area contributed by atoms with Crippen LogP contribution in [-0.4, -0.2) is 57.1 Å². The number of carboxylic acids is 1. The maximum atomic E-state index is 14.5. The zero-order valence-corrected chi connectivity index (χ0v) is 34.6. The lowest BCUT2D eigenvalue weighted by Gasteiger charge is -2.35. The van der Waals surface area contributed by atoms with E-state index in [1.54, 1.807) is 4.90 Å². The number of aliphatic carboxylic acids is 1. The second-order valence-electron chi connectivity index (χ2n) is 16.9. The van der Waals surface area contributed by atoms with Crippen LogP contribution in [0.1, 0.15) is 190 Å². The number of nitrogens with zero attached hydrogens (tertiary/aromatic N) is 2. The molecular weight excluding hydrogens is 725 g/mol. The zero-order chi connectivity index (χ0) is 40.8. The Morgan fingerprint density at radius 2 is 0.828 bits per heavy atom. The van der Waals surface area contributed by atoms with Gasteiger partial charge >= 0.3 is 5.97 Å². The average molecular weight is 785 g/mol. The van der Waals surface area contributed by atoms with Crippen molar-refractivity contribution < 1.29 is 29.1 Å². The molecule has 0 atom stereocenters. The Kier molecular flexibility index (Phi) is 13.4. The van der Waals surface area contributed by atoms with E-state index in [0.717, 1.165) is 161 Å². The molecule has 0 aromatic heterocycles. The molecule has 58 heavy (non-hydrogen) atoms. The highest BCUT2D eigenvalue weighted by molar-refractivity contribution is 6.41. The van der Waals surface area contributed by atoms with E-state index in [9.17, 15) is 24.0 Å². The van der Waals surface area contributed by atoms with Crippen LogP contribution in [0.5, 0.6) is 0 Å². The summed E-state index contributed by atoms with van der Waals surface area (Å²) >= 11 is 0. The van der Waals surface area contributed by atoms with Crippen LogP contribution in [0, 0.1) is 0 Å². The van der Waals surface area contributed by atoms with Gasteiger partial charge in [0.05, 0.1) is 0 Å². The van der Waals surface area contributed by atoms with Crippen molar-refractivity contribution in [3.63, 3.8) is 0 Å². The number of fused-ring (bicyclic) bond motifs is 2. The molecule has 0 unspecified atom stereocenters. The van der Waals surface area contributed by atoms with Crippen molar-refractivity contribution >= 4 is 72.7 Å². The molecule has 4 amide bonds. The Bertz CT molecular complexity index is 2190. The molecule has 5 aromatic carbocycles. The molecule has 0 saturated carbocycles. The van der Waals surface area contributed by atoms with Crippen LogP contribution in [0.2, 0.25) is 0 Å². The number of amides is 4.